The van der Waals surface area contributed by atoms with Gasteiger partial charge in [-0.1, -0.05) is 32.4 Å². The van der Waals surface area contributed by atoms with Gasteiger partial charge in [-0.15, -0.1) is 12.4 Å². The zero-order valence-electron chi connectivity index (χ0n) is 14.9. The lowest BCUT2D eigenvalue weighted by Gasteiger charge is -2.26. The lowest BCUT2D eigenvalue weighted by atomic mass is 9.99. The molecule has 1 heterocycles. The zero-order valence-corrected chi connectivity index (χ0v) is 16.5. The average Bonchev–Trinajstić information content (AvgIpc) is 2.62. The van der Waals surface area contributed by atoms with Crippen molar-refractivity contribution in [3.8, 4) is 0 Å². The third kappa shape index (κ3) is 6.53. The van der Waals surface area contributed by atoms with Crippen molar-refractivity contribution < 1.29 is 9.59 Å². The van der Waals surface area contributed by atoms with E-state index < -0.39 is 6.04 Å². The average molecular weight is 386 g/mol. The van der Waals surface area contributed by atoms with Crippen LogP contribution in [-0.4, -0.2) is 47.4 Å². The first-order valence-corrected chi connectivity index (χ1v) is 9.67. The summed E-state index contributed by atoms with van der Waals surface area (Å²) in [5.74, 6) is 2.19. The van der Waals surface area contributed by atoms with E-state index in [0.717, 1.165) is 36.6 Å². The summed E-state index contributed by atoms with van der Waals surface area (Å²) in [5, 5.41) is 2.84. The summed E-state index contributed by atoms with van der Waals surface area (Å²) in [6.07, 6.45) is 1.27. The Kier molecular flexibility index (Phi) is 9.32. The van der Waals surface area contributed by atoms with Crippen molar-refractivity contribution >= 4 is 41.7 Å². The molecule has 25 heavy (non-hydrogen) atoms. The van der Waals surface area contributed by atoms with Crippen LogP contribution in [0.5, 0.6) is 0 Å². The quantitative estimate of drug-likeness (QED) is 0.789. The minimum absolute atomic E-state index is 0. The van der Waals surface area contributed by atoms with Crippen molar-refractivity contribution in [1.82, 2.24) is 4.90 Å². The molecule has 5 nitrogen and oxygen atoms in total. The van der Waals surface area contributed by atoms with E-state index in [1.807, 2.05) is 54.8 Å². The van der Waals surface area contributed by atoms with Gasteiger partial charge in [-0.05, 0) is 23.6 Å². The van der Waals surface area contributed by atoms with E-state index >= 15 is 0 Å². The van der Waals surface area contributed by atoms with Gasteiger partial charge in [0, 0.05) is 30.3 Å². The zero-order chi connectivity index (χ0) is 17.5. The van der Waals surface area contributed by atoms with E-state index in [4.69, 9.17) is 5.73 Å². The van der Waals surface area contributed by atoms with Crippen LogP contribution in [0.4, 0.5) is 5.69 Å². The molecule has 1 aliphatic heterocycles. The van der Waals surface area contributed by atoms with Gasteiger partial charge < -0.3 is 16.0 Å². The second kappa shape index (κ2) is 10.7. The molecular formula is C18H28ClN3O2S. The monoisotopic (exact) mass is 385 g/mol. The Morgan fingerprint density at radius 2 is 1.84 bits per heavy atom. The minimum atomic E-state index is -0.506. The van der Waals surface area contributed by atoms with Crippen LogP contribution in [0.1, 0.15) is 25.8 Å². The fourth-order valence-electron chi connectivity index (χ4n) is 2.54. The molecule has 0 bridgehead atoms. The van der Waals surface area contributed by atoms with Gasteiger partial charge in [0.15, 0.2) is 0 Å². The fourth-order valence-corrected chi connectivity index (χ4v) is 3.45. The molecule has 1 aromatic carbocycles. The molecule has 0 saturated carbocycles. The molecule has 140 valence electrons. The van der Waals surface area contributed by atoms with Gasteiger partial charge in [-0.3, -0.25) is 9.59 Å². The molecule has 2 amide bonds. The maximum Gasteiger partial charge on any atom is 0.241 e. The topological polar surface area (TPSA) is 75.4 Å². The van der Waals surface area contributed by atoms with Crippen molar-refractivity contribution in [2.45, 2.75) is 32.7 Å². The second-order valence-electron chi connectivity index (χ2n) is 6.27. The molecule has 1 saturated heterocycles. The number of rotatable bonds is 6. The van der Waals surface area contributed by atoms with Crippen molar-refractivity contribution in [3.63, 3.8) is 0 Å². The Bertz CT molecular complexity index is 527. The van der Waals surface area contributed by atoms with Crippen LogP contribution in [0.3, 0.4) is 0 Å². The second-order valence-corrected chi connectivity index (χ2v) is 7.49. The van der Waals surface area contributed by atoms with Crippen molar-refractivity contribution in [3.05, 3.63) is 29.8 Å². The molecule has 0 aliphatic carbocycles. The summed E-state index contributed by atoms with van der Waals surface area (Å²) >= 11 is 1.89. The first-order chi connectivity index (χ1) is 11.5. The SMILES string of the molecule is CCC(C)C(N)C(=O)Nc1ccc(CC(=O)N2CCSCC2)cc1.Cl. The molecule has 0 radical (unpaired) electrons. The van der Waals surface area contributed by atoms with Crippen LogP contribution in [0.15, 0.2) is 24.3 Å². The van der Waals surface area contributed by atoms with Gasteiger partial charge in [0.2, 0.25) is 11.8 Å². The number of hydrogen-bond donors (Lipinski definition) is 2. The van der Waals surface area contributed by atoms with Crippen LogP contribution in [0, 0.1) is 5.92 Å². The molecular weight excluding hydrogens is 358 g/mol. The third-order valence-electron chi connectivity index (χ3n) is 4.50. The first kappa shape index (κ1) is 21.8. The summed E-state index contributed by atoms with van der Waals surface area (Å²) < 4.78 is 0. The molecule has 0 aromatic heterocycles. The number of hydrogen-bond acceptors (Lipinski definition) is 4. The van der Waals surface area contributed by atoms with Gasteiger partial charge >= 0.3 is 0 Å². The summed E-state index contributed by atoms with van der Waals surface area (Å²) in [7, 11) is 0. The third-order valence-corrected chi connectivity index (χ3v) is 5.44. The minimum Gasteiger partial charge on any atom is -0.341 e. The number of benzene rings is 1. The first-order valence-electron chi connectivity index (χ1n) is 8.52. The number of nitrogens with zero attached hydrogens (tertiary/aromatic N) is 1. The highest BCUT2D eigenvalue weighted by molar-refractivity contribution is 7.99. The largest absolute Gasteiger partial charge is 0.341 e. The predicted molar refractivity (Wildman–Crippen MR) is 107 cm³/mol. The number of nitrogens with two attached hydrogens (primary N) is 1. The molecule has 2 atom stereocenters. The number of amides is 2. The molecule has 1 fully saturated rings. The maximum atomic E-state index is 12.3. The number of anilines is 1. The van der Waals surface area contributed by atoms with E-state index in [2.05, 4.69) is 5.32 Å². The Hall–Kier alpha value is -1.24. The van der Waals surface area contributed by atoms with Crippen LogP contribution >= 0.6 is 24.2 Å². The van der Waals surface area contributed by atoms with E-state index in [1.54, 1.807) is 0 Å². The molecule has 1 aliphatic rings. The number of nitrogens with one attached hydrogen (secondary N) is 1. The molecule has 7 heteroatoms. The van der Waals surface area contributed by atoms with E-state index in [-0.39, 0.29) is 30.1 Å². The molecule has 1 aromatic rings. The molecule has 3 N–H and O–H groups in total. The Labute approximate surface area is 160 Å². The summed E-state index contributed by atoms with van der Waals surface area (Å²) in [6.45, 7) is 5.67. The Morgan fingerprint density at radius 1 is 1.24 bits per heavy atom. The highest BCUT2D eigenvalue weighted by atomic mass is 35.5. The van der Waals surface area contributed by atoms with E-state index in [0.29, 0.717) is 12.1 Å². The number of carbonyl (C=O) groups excluding carboxylic acids is 2. The van der Waals surface area contributed by atoms with E-state index in [1.165, 1.54) is 0 Å². The van der Waals surface area contributed by atoms with Crippen molar-refractivity contribution in [2.75, 3.05) is 29.9 Å². The smallest absolute Gasteiger partial charge is 0.241 e. The lowest BCUT2D eigenvalue weighted by Crippen LogP contribution is -2.40. The van der Waals surface area contributed by atoms with Gasteiger partial charge in [0.25, 0.3) is 0 Å². The van der Waals surface area contributed by atoms with Crippen molar-refractivity contribution in [1.29, 1.82) is 0 Å². The standard InChI is InChI=1S/C18H27N3O2S.ClH/c1-3-13(2)17(19)18(23)20-15-6-4-14(5-7-15)12-16(22)21-8-10-24-11-9-21;/h4-7,13,17H,3,8-12,19H2,1-2H3,(H,20,23);1H. The molecule has 2 rings (SSSR count). The summed E-state index contributed by atoms with van der Waals surface area (Å²) in [5.41, 5.74) is 7.61. The lowest BCUT2D eigenvalue weighted by molar-refractivity contribution is -0.130. The highest BCUT2D eigenvalue weighted by Crippen LogP contribution is 2.15. The molecule has 2 unspecified atom stereocenters. The summed E-state index contributed by atoms with van der Waals surface area (Å²) in [4.78, 5) is 26.3. The maximum absolute atomic E-state index is 12.3. The van der Waals surface area contributed by atoms with E-state index in [9.17, 15) is 9.59 Å². The normalized spacial score (nSPS) is 16.5. The number of carbonyl (C=O) groups is 2. The Balaban J connectivity index is 0.00000312. The highest BCUT2D eigenvalue weighted by Gasteiger charge is 2.20. The predicted octanol–water partition coefficient (Wildman–Crippen LogP) is 2.54. The van der Waals surface area contributed by atoms with Crippen LogP contribution in [-0.2, 0) is 16.0 Å². The van der Waals surface area contributed by atoms with Crippen LogP contribution < -0.4 is 11.1 Å². The molecule has 0 spiro atoms. The van der Waals surface area contributed by atoms with Gasteiger partial charge in [-0.2, -0.15) is 11.8 Å². The Morgan fingerprint density at radius 3 is 2.40 bits per heavy atom. The number of halogens is 1. The van der Waals surface area contributed by atoms with Crippen LogP contribution in [0.2, 0.25) is 0 Å². The van der Waals surface area contributed by atoms with Crippen molar-refractivity contribution in [2.24, 2.45) is 11.7 Å². The van der Waals surface area contributed by atoms with Gasteiger partial charge in [0.1, 0.15) is 0 Å². The number of thioether (sulfide) groups is 1. The van der Waals surface area contributed by atoms with Gasteiger partial charge in [-0.25, -0.2) is 0 Å². The van der Waals surface area contributed by atoms with Crippen LogP contribution in [0.25, 0.3) is 0 Å². The van der Waals surface area contributed by atoms with Gasteiger partial charge in [0.05, 0.1) is 12.5 Å². The summed E-state index contributed by atoms with van der Waals surface area (Å²) in [6, 6.07) is 6.93. The fraction of sp³-hybridized carbons (Fsp3) is 0.556.